The summed E-state index contributed by atoms with van der Waals surface area (Å²) in [6.07, 6.45) is 2.73. The highest BCUT2D eigenvalue weighted by molar-refractivity contribution is 6.10. The lowest BCUT2D eigenvalue weighted by molar-refractivity contribution is -0.384. The molecule has 0 aliphatic heterocycles. The van der Waals surface area contributed by atoms with Crippen molar-refractivity contribution in [2.75, 3.05) is 0 Å². The lowest BCUT2D eigenvalue weighted by Crippen LogP contribution is -2.22. The molecule has 5 rings (SSSR count). The van der Waals surface area contributed by atoms with Crippen LogP contribution in [-0.2, 0) is 6.54 Å². The number of benzene rings is 3. The average Bonchev–Trinajstić information content (AvgIpc) is 3.39. The summed E-state index contributed by atoms with van der Waals surface area (Å²) in [7, 11) is 0. The van der Waals surface area contributed by atoms with E-state index >= 15 is 0 Å². The van der Waals surface area contributed by atoms with Crippen LogP contribution in [0.5, 0.6) is 5.75 Å². The first-order chi connectivity index (χ1) is 18.8. The molecule has 0 bridgehead atoms. The number of nitrogens with zero attached hydrogens (tertiary/aromatic N) is 5. The Balaban J connectivity index is 1.33. The number of phenolic OH excluding ortho intramolecular Hbond substituents is 1. The standard InChI is InChI=1S/C28H18N6O5/c29-13-17-2-1-3-18(10-17)14-31-28(37)20-6-4-19(5-7-20)24-12-26-30-15-21(16-33(26)32-24)27(36)23-11-22(34(38)39)8-9-25(23)35/h1-12,15-16,35H,14H2,(H,31,37). The molecule has 2 heterocycles. The summed E-state index contributed by atoms with van der Waals surface area (Å²) in [5.41, 5.74) is 3.03. The molecule has 0 spiro atoms. The number of carbonyl (C=O) groups is 2. The van der Waals surface area contributed by atoms with Crippen LogP contribution >= 0.6 is 0 Å². The number of hydrogen-bond donors (Lipinski definition) is 2. The smallest absolute Gasteiger partial charge is 0.270 e. The number of hydrogen-bond acceptors (Lipinski definition) is 8. The van der Waals surface area contributed by atoms with Gasteiger partial charge in [-0.05, 0) is 35.9 Å². The molecule has 0 radical (unpaired) electrons. The predicted molar refractivity (Wildman–Crippen MR) is 139 cm³/mol. The number of phenols is 1. The molecule has 0 atom stereocenters. The Labute approximate surface area is 220 Å². The summed E-state index contributed by atoms with van der Waals surface area (Å²) >= 11 is 0. The van der Waals surface area contributed by atoms with Crippen molar-refractivity contribution in [3.05, 3.63) is 123 Å². The van der Waals surface area contributed by atoms with Gasteiger partial charge in [-0.25, -0.2) is 9.50 Å². The highest BCUT2D eigenvalue weighted by Gasteiger charge is 2.19. The molecule has 0 saturated carbocycles. The second-order valence-electron chi connectivity index (χ2n) is 8.53. The number of ketones is 1. The van der Waals surface area contributed by atoms with E-state index in [1.807, 2.05) is 6.07 Å². The van der Waals surface area contributed by atoms with E-state index in [-0.39, 0.29) is 35.0 Å². The van der Waals surface area contributed by atoms with Crippen molar-refractivity contribution in [1.29, 1.82) is 5.26 Å². The third kappa shape index (κ3) is 5.16. The first-order valence-corrected chi connectivity index (χ1v) is 11.6. The average molecular weight is 518 g/mol. The van der Waals surface area contributed by atoms with E-state index in [0.717, 1.165) is 23.8 Å². The molecule has 190 valence electrons. The Morgan fingerprint density at radius 3 is 2.59 bits per heavy atom. The van der Waals surface area contributed by atoms with Crippen LogP contribution in [0.2, 0.25) is 0 Å². The molecular weight excluding hydrogens is 500 g/mol. The summed E-state index contributed by atoms with van der Waals surface area (Å²) in [4.78, 5) is 40.2. The molecule has 11 nitrogen and oxygen atoms in total. The van der Waals surface area contributed by atoms with Gasteiger partial charge >= 0.3 is 0 Å². The Morgan fingerprint density at radius 1 is 1.05 bits per heavy atom. The van der Waals surface area contributed by atoms with Gasteiger partial charge < -0.3 is 10.4 Å². The molecule has 0 aliphatic carbocycles. The van der Waals surface area contributed by atoms with E-state index in [2.05, 4.69) is 21.5 Å². The van der Waals surface area contributed by atoms with Gasteiger partial charge in [-0.15, -0.1) is 0 Å². The van der Waals surface area contributed by atoms with Gasteiger partial charge in [0.15, 0.2) is 11.4 Å². The number of nitriles is 1. The van der Waals surface area contributed by atoms with Gasteiger partial charge in [-0.2, -0.15) is 10.4 Å². The maximum Gasteiger partial charge on any atom is 0.270 e. The zero-order chi connectivity index (χ0) is 27.5. The van der Waals surface area contributed by atoms with Crippen molar-refractivity contribution >= 4 is 23.0 Å². The number of rotatable bonds is 7. The number of amides is 1. The van der Waals surface area contributed by atoms with Gasteiger partial charge in [-0.3, -0.25) is 19.7 Å². The molecule has 2 aromatic heterocycles. The molecule has 0 saturated heterocycles. The van der Waals surface area contributed by atoms with Crippen molar-refractivity contribution < 1.29 is 19.6 Å². The Hall–Kier alpha value is -5.89. The van der Waals surface area contributed by atoms with E-state index in [1.165, 1.54) is 16.9 Å². The lowest BCUT2D eigenvalue weighted by atomic mass is 10.0. The van der Waals surface area contributed by atoms with Gasteiger partial charge in [0.05, 0.1) is 33.4 Å². The zero-order valence-electron chi connectivity index (χ0n) is 20.1. The van der Waals surface area contributed by atoms with Crippen LogP contribution in [-0.4, -0.2) is 36.3 Å². The van der Waals surface area contributed by atoms with Crippen LogP contribution in [0.1, 0.15) is 37.4 Å². The molecule has 5 aromatic rings. The van der Waals surface area contributed by atoms with Crippen LogP contribution in [0.15, 0.2) is 85.2 Å². The molecular formula is C28H18N6O5. The maximum atomic E-state index is 12.9. The SMILES string of the molecule is N#Cc1cccc(CNC(=O)c2ccc(-c3cc4ncc(C(=O)c5cc([N+](=O)[O-])ccc5O)cn4n3)cc2)c1. The van der Waals surface area contributed by atoms with Gasteiger partial charge in [0.1, 0.15) is 5.75 Å². The molecule has 39 heavy (non-hydrogen) atoms. The first-order valence-electron chi connectivity index (χ1n) is 11.6. The number of nitro groups is 1. The maximum absolute atomic E-state index is 12.9. The number of nitro benzene ring substituents is 1. The normalized spacial score (nSPS) is 10.6. The summed E-state index contributed by atoms with van der Waals surface area (Å²) in [5, 5.41) is 37.4. The van der Waals surface area contributed by atoms with Gasteiger partial charge in [-0.1, -0.05) is 24.3 Å². The number of non-ortho nitro benzene ring substituents is 1. The molecule has 1 amide bonds. The fourth-order valence-electron chi connectivity index (χ4n) is 3.94. The quantitative estimate of drug-likeness (QED) is 0.185. The molecule has 0 fully saturated rings. The minimum absolute atomic E-state index is 0.0836. The summed E-state index contributed by atoms with van der Waals surface area (Å²) in [5.74, 6) is -1.29. The fourth-order valence-corrected chi connectivity index (χ4v) is 3.94. The highest BCUT2D eigenvalue weighted by atomic mass is 16.6. The Morgan fingerprint density at radius 2 is 1.85 bits per heavy atom. The fraction of sp³-hybridized carbons (Fsp3) is 0.0357. The van der Waals surface area contributed by atoms with Crippen molar-refractivity contribution in [2.45, 2.75) is 6.54 Å². The van der Waals surface area contributed by atoms with E-state index in [0.29, 0.717) is 28.0 Å². The van der Waals surface area contributed by atoms with Crippen LogP contribution in [0.4, 0.5) is 5.69 Å². The zero-order valence-corrected chi connectivity index (χ0v) is 20.1. The third-order valence-electron chi connectivity index (χ3n) is 5.96. The van der Waals surface area contributed by atoms with Crippen molar-refractivity contribution in [3.63, 3.8) is 0 Å². The highest BCUT2D eigenvalue weighted by Crippen LogP contribution is 2.26. The molecule has 3 aromatic carbocycles. The topological polar surface area (TPSA) is 164 Å². The monoisotopic (exact) mass is 518 g/mol. The molecule has 0 unspecified atom stereocenters. The van der Waals surface area contributed by atoms with Crippen LogP contribution in [0.3, 0.4) is 0 Å². The van der Waals surface area contributed by atoms with E-state index < -0.39 is 10.7 Å². The Kier molecular flexibility index (Phi) is 6.50. The summed E-state index contributed by atoms with van der Waals surface area (Å²) in [6.45, 7) is 0.281. The van der Waals surface area contributed by atoms with Gasteiger partial charge in [0.25, 0.3) is 11.6 Å². The van der Waals surface area contributed by atoms with E-state index in [1.54, 1.807) is 48.5 Å². The van der Waals surface area contributed by atoms with Gasteiger partial charge in [0, 0.05) is 48.3 Å². The van der Waals surface area contributed by atoms with Crippen LogP contribution < -0.4 is 5.32 Å². The van der Waals surface area contributed by atoms with E-state index in [9.17, 15) is 24.8 Å². The number of nitrogens with one attached hydrogen (secondary N) is 1. The van der Waals surface area contributed by atoms with E-state index in [4.69, 9.17) is 5.26 Å². The van der Waals surface area contributed by atoms with Gasteiger partial charge in [0.2, 0.25) is 0 Å². The lowest BCUT2D eigenvalue weighted by Gasteiger charge is -2.06. The number of aromatic hydroxyl groups is 1. The number of fused-ring (bicyclic) bond motifs is 1. The first kappa shape index (κ1) is 24.8. The minimum Gasteiger partial charge on any atom is -0.507 e. The summed E-state index contributed by atoms with van der Waals surface area (Å²) < 4.78 is 1.40. The second kappa shape index (κ2) is 10.2. The Bertz CT molecular complexity index is 1800. The molecule has 0 aliphatic rings. The summed E-state index contributed by atoms with van der Waals surface area (Å²) in [6, 6.07) is 20.8. The number of carbonyl (C=O) groups excluding carboxylic acids is 2. The predicted octanol–water partition coefficient (Wildman–Crippen LogP) is 4.04. The van der Waals surface area contributed by atoms with Crippen molar-refractivity contribution in [3.8, 4) is 23.1 Å². The largest absolute Gasteiger partial charge is 0.507 e. The molecule has 11 heteroatoms. The third-order valence-corrected chi connectivity index (χ3v) is 5.96. The van der Waals surface area contributed by atoms with Crippen molar-refractivity contribution in [1.82, 2.24) is 19.9 Å². The van der Waals surface area contributed by atoms with Crippen LogP contribution in [0.25, 0.3) is 16.9 Å². The van der Waals surface area contributed by atoms with Crippen molar-refractivity contribution in [2.24, 2.45) is 0 Å². The molecule has 2 N–H and O–H groups in total. The number of aromatic nitrogens is 3. The second-order valence-corrected chi connectivity index (χ2v) is 8.53. The minimum atomic E-state index is -0.652. The van der Waals surface area contributed by atoms with Crippen LogP contribution in [0, 0.1) is 21.4 Å².